The molecule has 26 heavy (non-hydrogen) atoms. The lowest BCUT2D eigenvalue weighted by Gasteiger charge is -2.29. The summed E-state index contributed by atoms with van der Waals surface area (Å²) in [6.45, 7) is 3.73. The third-order valence-electron chi connectivity index (χ3n) is 4.47. The zero-order valence-corrected chi connectivity index (χ0v) is 15.8. The van der Waals surface area contributed by atoms with Crippen LogP contribution in [0.15, 0.2) is 53.4 Å². The van der Waals surface area contributed by atoms with Crippen LogP contribution in [0.25, 0.3) is 0 Å². The summed E-state index contributed by atoms with van der Waals surface area (Å²) in [5, 5.41) is 10.8. The van der Waals surface area contributed by atoms with Crippen LogP contribution in [0.2, 0.25) is 0 Å². The Kier molecular flexibility index (Phi) is 6.75. The summed E-state index contributed by atoms with van der Waals surface area (Å²) in [6, 6.07) is 11.1. The van der Waals surface area contributed by atoms with E-state index in [4.69, 9.17) is 4.74 Å². The highest BCUT2D eigenvalue weighted by Gasteiger charge is 2.31. The Hall–Kier alpha value is -1.96. The molecule has 2 aromatic rings. The number of benzene rings is 2. The molecule has 0 bridgehead atoms. The van der Waals surface area contributed by atoms with Crippen LogP contribution in [-0.2, 0) is 10.0 Å². The van der Waals surface area contributed by atoms with Crippen molar-refractivity contribution in [1.82, 2.24) is 4.72 Å². The molecule has 5 nitrogen and oxygen atoms in total. The normalized spacial score (nSPS) is 15.3. The molecule has 0 saturated heterocycles. The summed E-state index contributed by atoms with van der Waals surface area (Å²) in [4.78, 5) is -0.435. The number of methoxy groups -OCH3 is 1. The zero-order valence-electron chi connectivity index (χ0n) is 15.0. The number of sulfonamides is 1. The summed E-state index contributed by atoms with van der Waals surface area (Å²) in [7, 11) is -2.58. The Morgan fingerprint density at radius 2 is 1.77 bits per heavy atom. The molecule has 0 heterocycles. The summed E-state index contributed by atoms with van der Waals surface area (Å²) in [5.74, 6) is -0.372. The number of nitrogens with one attached hydrogen (secondary N) is 1. The minimum Gasteiger partial charge on any atom is -0.497 e. The topological polar surface area (TPSA) is 75.6 Å². The van der Waals surface area contributed by atoms with Gasteiger partial charge in [0.15, 0.2) is 0 Å². The fraction of sp³-hybridized carbons (Fsp3) is 0.368. The van der Waals surface area contributed by atoms with Crippen LogP contribution in [0.1, 0.15) is 31.9 Å². The van der Waals surface area contributed by atoms with Gasteiger partial charge in [-0.3, -0.25) is 0 Å². The van der Waals surface area contributed by atoms with Gasteiger partial charge in [0, 0.05) is 0 Å². The molecule has 0 saturated carbocycles. The van der Waals surface area contributed by atoms with Crippen LogP contribution in [0.5, 0.6) is 5.75 Å². The molecule has 3 atom stereocenters. The first-order chi connectivity index (χ1) is 12.3. The minimum atomic E-state index is -4.12. The number of ether oxygens (including phenoxy) is 1. The average molecular weight is 381 g/mol. The fourth-order valence-corrected chi connectivity index (χ4v) is 4.09. The van der Waals surface area contributed by atoms with Crippen LogP contribution in [-0.4, -0.2) is 26.7 Å². The second kappa shape index (κ2) is 8.62. The third-order valence-corrected chi connectivity index (χ3v) is 5.96. The Morgan fingerprint density at radius 1 is 1.15 bits per heavy atom. The van der Waals surface area contributed by atoms with Gasteiger partial charge in [-0.05, 0) is 35.7 Å². The van der Waals surface area contributed by atoms with Crippen molar-refractivity contribution in [3.63, 3.8) is 0 Å². The van der Waals surface area contributed by atoms with E-state index in [1.807, 2.05) is 13.8 Å². The second-order valence-electron chi connectivity index (χ2n) is 6.18. The Balaban J connectivity index is 2.33. The van der Waals surface area contributed by atoms with Gasteiger partial charge < -0.3 is 9.84 Å². The van der Waals surface area contributed by atoms with Crippen LogP contribution in [0.3, 0.4) is 0 Å². The predicted molar refractivity (Wildman–Crippen MR) is 97.9 cm³/mol. The summed E-state index contributed by atoms with van der Waals surface area (Å²) < 4.78 is 46.8. The predicted octanol–water partition coefficient (Wildman–Crippen LogP) is 3.26. The number of aliphatic hydroxyl groups excluding tert-OH is 1. The van der Waals surface area contributed by atoms with Crippen LogP contribution in [0.4, 0.5) is 4.39 Å². The highest BCUT2D eigenvalue weighted by Crippen LogP contribution is 2.27. The molecule has 0 radical (unpaired) electrons. The van der Waals surface area contributed by atoms with Gasteiger partial charge >= 0.3 is 0 Å². The highest BCUT2D eigenvalue weighted by atomic mass is 32.2. The molecule has 0 aliphatic heterocycles. The van der Waals surface area contributed by atoms with Crippen molar-refractivity contribution in [2.75, 3.05) is 7.11 Å². The fourth-order valence-electron chi connectivity index (χ4n) is 2.66. The van der Waals surface area contributed by atoms with Gasteiger partial charge in [-0.1, -0.05) is 44.5 Å². The smallest absolute Gasteiger partial charge is 0.243 e. The zero-order chi connectivity index (χ0) is 19.3. The van der Waals surface area contributed by atoms with Crippen LogP contribution in [0, 0.1) is 11.7 Å². The first kappa shape index (κ1) is 20.4. The van der Waals surface area contributed by atoms with Crippen LogP contribution >= 0.6 is 0 Å². The molecule has 0 aliphatic carbocycles. The van der Waals surface area contributed by atoms with Gasteiger partial charge in [-0.25, -0.2) is 17.5 Å². The molecule has 0 aliphatic rings. The lowest BCUT2D eigenvalue weighted by molar-refractivity contribution is 0.112. The molecule has 2 aromatic carbocycles. The molecule has 142 valence electrons. The summed E-state index contributed by atoms with van der Waals surface area (Å²) in [5.41, 5.74) is 0.548. The van der Waals surface area contributed by atoms with E-state index >= 15 is 0 Å². The van der Waals surface area contributed by atoms with E-state index in [0.29, 0.717) is 17.7 Å². The number of aliphatic hydroxyl groups is 1. The Bertz CT molecular complexity index is 824. The number of rotatable bonds is 8. The highest BCUT2D eigenvalue weighted by molar-refractivity contribution is 7.89. The average Bonchev–Trinajstić information content (AvgIpc) is 2.65. The van der Waals surface area contributed by atoms with E-state index in [0.717, 1.165) is 6.07 Å². The maximum Gasteiger partial charge on any atom is 0.243 e. The molecule has 0 amide bonds. The molecule has 0 spiro atoms. The lowest BCUT2D eigenvalue weighted by atomic mass is 9.91. The van der Waals surface area contributed by atoms with E-state index in [-0.39, 0.29) is 5.92 Å². The van der Waals surface area contributed by atoms with Gasteiger partial charge in [0.1, 0.15) is 16.5 Å². The number of halogens is 1. The van der Waals surface area contributed by atoms with Gasteiger partial charge in [-0.15, -0.1) is 0 Å². The third kappa shape index (κ3) is 4.60. The standard InChI is InChI=1S/C19H24FNO4S/c1-4-13(2)18(19(22)14-9-11-15(25-3)12-10-14)21-26(23,24)17-8-6-5-7-16(17)20/h5-13,18-19,21-22H,4H2,1-3H3/t13?,18-,19?/m0/s1. The number of hydrogen-bond acceptors (Lipinski definition) is 4. The molecule has 7 heteroatoms. The maximum atomic E-state index is 13.9. The first-order valence-electron chi connectivity index (χ1n) is 8.39. The van der Waals surface area contributed by atoms with E-state index < -0.39 is 32.9 Å². The van der Waals surface area contributed by atoms with Crippen LogP contribution < -0.4 is 9.46 Å². The Morgan fingerprint density at radius 3 is 2.31 bits per heavy atom. The second-order valence-corrected chi connectivity index (χ2v) is 7.86. The SMILES string of the molecule is CCC(C)[C@H](NS(=O)(=O)c1ccccc1F)C(O)c1ccc(OC)cc1. The first-order valence-corrected chi connectivity index (χ1v) is 9.87. The monoisotopic (exact) mass is 381 g/mol. The summed E-state index contributed by atoms with van der Waals surface area (Å²) in [6.07, 6.45) is -0.449. The van der Waals surface area contributed by atoms with Crippen molar-refractivity contribution in [2.24, 2.45) is 5.92 Å². The molecule has 2 N–H and O–H groups in total. The van der Waals surface area contributed by atoms with E-state index in [9.17, 15) is 17.9 Å². The van der Waals surface area contributed by atoms with Gasteiger partial charge in [-0.2, -0.15) is 0 Å². The van der Waals surface area contributed by atoms with Crippen molar-refractivity contribution < 1.29 is 22.7 Å². The van der Waals surface area contributed by atoms with Gasteiger partial charge in [0.2, 0.25) is 10.0 Å². The largest absolute Gasteiger partial charge is 0.497 e. The van der Waals surface area contributed by atoms with Crippen molar-refractivity contribution in [1.29, 1.82) is 0 Å². The van der Waals surface area contributed by atoms with E-state index in [1.165, 1.54) is 25.3 Å². The van der Waals surface area contributed by atoms with Crippen molar-refractivity contribution in [2.45, 2.75) is 37.3 Å². The quantitative estimate of drug-likeness (QED) is 0.736. The van der Waals surface area contributed by atoms with Gasteiger partial charge in [0.05, 0.1) is 19.3 Å². The molecular formula is C19H24FNO4S. The molecule has 2 rings (SSSR count). The van der Waals surface area contributed by atoms with Crippen molar-refractivity contribution in [3.05, 3.63) is 59.9 Å². The molecule has 2 unspecified atom stereocenters. The number of hydrogen-bond donors (Lipinski definition) is 2. The molecule has 0 aromatic heterocycles. The van der Waals surface area contributed by atoms with Crippen molar-refractivity contribution >= 4 is 10.0 Å². The minimum absolute atomic E-state index is 0.173. The summed E-state index contributed by atoms with van der Waals surface area (Å²) >= 11 is 0. The molecular weight excluding hydrogens is 357 g/mol. The lowest BCUT2D eigenvalue weighted by Crippen LogP contribution is -2.43. The van der Waals surface area contributed by atoms with E-state index in [2.05, 4.69) is 4.72 Å². The van der Waals surface area contributed by atoms with E-state index in [1.54, 1.807) is 24.3 Å². The Labute approximate surface area is 153 Å². The maximum absolute atomic E-state index is 13.9. The van der Waals surface area contributed by atoms with Crippen molar-refractivity contribution in [3.8, 4) is 5.75 Å². The molecule has 0 fully saturated rings. The van der Waals surface area contributed by atoms with Gasteiger partial charge in [0.25, 0.3) is 0 Å².